The van der Waals surface area contributed by atoms with Gasteiger partial charge in [0, 0.05) is 31.2 Å². The van der Waals surface area contributed by atoms with Gasteiger partial charge in [-0.1, -0.05) is 0 Å². The van der Waals surface area contributed by atoms with Gasteiger partial charge < -0.3 is 11.1 Å². The lowest BCUT2D eigenvalue weighted by molar-refractivity contribution is -0.120. The molecule has 0 spiro atoms. The van der Waals surface area contributed by atoms with Gasteiger partial charge in [-0.15, -0.1) is 0 Å². The number of likely N-dealkylation sites (tertiary alicyclic amines) is 1. The van der Waals surface area contributed by atoms with Crippen LogP contribution in [0, 0.1) is 0 Å². The van der Waals surface area contributed by atoms with Crippen LogP contribution in [0.3, 0.4) is 0 Å². The number of nitrogens with one attached hydrogen (secondary N) is 1. The van der Waals surface area contributed by atoms with Crippen LogP contribution in [0.15, 0.2) is 0 Å². The Morgan fingerprint density at radius 2 is 2.00 bits per heavy atom. The van der Waals surface area contributed by atoms with E-state index in [2.05, 4.69) is 22.2 Å². The molecule has 1 aliphatic carbocycles. The Hall–Kier alpha value is -0.650. The second-order valence-electron chi connectivity index (χ2n) is 6.49. The molecule has 2 saturated heterocycles. The largest absolute Gasteiger partial charge is 0.368 e. The van der Waals surface area contributed by atoms with Gasteiger partial charge in [0.15, 0.2) is 0 Å². The highest BCUT2D eigenvalue weighted by Gasteiger charge is 2.36. The quantitative estimate of drug-likeness (QED) is 0.721. The lowest BCUT2D eigenvalue weighted by Gasteiger charge is -2.28. The topological polar surface area (TPSA) is 61.6 Å². The number of carbonyl (C=O) groups excluding carboxylic acids is 1. The van der Waals surface area contributed by atoms with Crippen LogP contribution in [0.2, 0.25) is 0 Å². The molecule has 0 aromatic rings. The first-order valence-electron chi connectivity index (χ1n) is 7.63. The minimum absolute atomic E-state index is 0.172. The maximum absolute atomic E-state index is 11.6. The molecular formula is C14H26N4O. The molecule has 0 aromatic heterocycles. The van der Waals surface area contributed by atoms with Crippen molar-refractivity contribution >= 4 is 5.91 Å². The lowest BCUT2D eigenvalue weighted by atomic mass is 10.1. The van der Waals surface area contributed by atoms with Crippen molar-refractivity contribution < 1.29 is 4.79 Å². The highest BCUT2D eigenvalue weighted by atomic mass is 16.1. The minimum Gasteiger partial charge on any atom is -0.368 e. The first-order valence-corrected chi connectivity index (χ1v) is 7.63. The Labute approximate surface area is 115 Å². The summed E-state index contributed by atoms with van der Waals surface area (Å²) in [6, 6.07) is 1.78. The number of fused-ring (bicyclic) bond motifs is 2. The molecule has 3 fully saturated rings. The van der Waals surface area contributed by atoms with Crippen molar-refractivity contribution in [2.75, 3.05) is 26.7 Å². The predicted molar refractivity (Wildman–Crippen MR) is 74.8 cm³/mol. The van der Waals surface area contributed by atoms with Crippen molar-refractivity contribution in [2.45, 2.75) is 56.3 Å². The highest BCUT2D eigenvalue weighted by molar-refractivity contribution is 5.80. The summed E-state index contributed by atoms with van der Waals surface area (Å²) >= 11 is 0. The standard InChI is InChI=1S/C14H26N4O/c1-17-11-4-5-12(17)8-18(7-6-11)9-13(14(15)19)16-10-2-3-10/h10-13,16H,2-9H2,1H3,(H2,15,19). The Balaban J connectivity index is 1.57. The number of hydrogen-bond acceptors (Lipinski definition) is 4. The predicted octanol–water partition coefficient (Wildman–Crippen LogP) is -0.239. The van der Waals surface area contributed by atoms with E-state index in [1.807, 2.05) is 0 Å². The zero-order valence-electron chi connectivity index (χ0n) is 11.8. The zero-order chi connectivity index (χ0) is 13.4. The van der Waals surface area contributed by atoms with Gasteiger partial charge in [0.05, 0.1) is 6.04 Å². The molecule has 0 radical (unpaired) electrons. The third-order valence-corrected chi connectivity index (χ3v) is 5.03. The van der Waals surface area contributed by atoms with Crippen LogP contribution in [-0.4, -0.2) is 66.6 Å². The molecule has 5 nitrogen and oxygen atoms in total. The number of amides is 1. The number of rotatable bonds is 5. The zero-order valence-corrected chi connectivity index (χ0v) is 11.8. The van der Waals surface area contributed by atoms with Gasteiger partial charge in [0.2, 0.25) is 5.91 Å². The van der Waals surface area contributed by atoms with Gasteiger partial charge in [0.25, 0.3) is 0 Å². The van der Waals surface area contributed by atoms with Gasteiger partial charge in [-0.25, -0.2) is 0 Å². The van der Waals surface area contributed by atoms with E-state index >= 15 is 0 Å². The number of nitrogens with zero attached hydrogens (tertiary/aromatic N) is 2. The van der Waals surface area contributed by atoms with Gasteiger partial charge in [-0.2, -0.15) is 0 Å². The number of hydrogen-bond donors (Lipinski definition) is 2. The molecule has 2 heterocycles. The van der Waals surface area contributed by atoms with Crippen LogP contribution in [0.4, 0.5) is 0 Å². The fraction of sp³-hybridized carbons (Fsp3) is 0.929. The van der Waals surface area contributed by atoms with Crippen molar-refractivity contribution in [1.29, 1.82) is 0 Å². The fourth-order valence-corrected chi connectivity index (χ4v) is 3.56. The fourth-order valence-electron chi connectivity index (χ4n) is 3.56. The molecule has 19 heavy (non-hydrogen) atoms. The molecule has 1 amide bonds. The van der Waals surface area contributed by atoms with Crippen LogP contribution in [0.5, 0.6) is 0 Å². The van der Waals surface area contributed by atoms with Crippen LogP contribution in [0.1, 0.15) is 32.1 Å². The summed E-state index contributed by atoms with van der Waals surface area (Å²) in [7, 11) is 2.25. The SMILES string of the molecule is CN1C2CCC1CN(CC(NC1CC1)C(N)=O)CC2. The summed E-state index contributed by atoms with van der Waals surface area (Å²) in [5.41, 5.74) is 5.53. The number of carbonyl (C=O) groups is 1. The van der Waals surface area contributed by atoms with E-state index in [4.69, 9.17) is 5.73 Å². The molecule has 5 heteroatoms. The van der Waals surface area contributed by atoms with Crippen LogP contribution in [0.25, 0.3) is 0 Å². The Bertz CT molecular complexity index is 344. The second-order valence-corrected chi connectivity index (χ2v) is 6.49. The number of primary amides is 1. The molecule has 108 valence electrons. The van der Waals surface area contributed by atoms with Crippen LogP contribution in [-0.2, 0) is 4.79 Å². The Morgan fingerprint density at radius 1 is 1.26 bits per heavy atom. The lowest BCUT2D eigenvalue weighted by Crippen LogP contribution is -2.51. The maximum Gasteiger partial charge on any atom is 0.235 e. The molecule has 3 atom stereocenters. The summed E-state index contributed by atoms with van der Waals surface area (Å²) in [6.45, 7) is 2.97. The summed E-state index contributed by atoms with van der Waals surface area (Å²) in [5, 5.41) is 3.38. The summed E-state index contributed by atoms with van der Waals surface area (Å²) in [4.78, 5) is 16.5. The third kappa shape index (κ3) is 3.09. The molecule has 3 unspecified atom stereocenters. The number of nitrogens with two attached hydrogens (primary N) is 1. The van der Waals surface area contributed by atoms with Crippen molar-refractivity contribution in [3.05, 3.63) is 0 Å². The normalized spacial score (nSPS) is 34.2. The van der Waals surface area contributed by atoms with E-state index < -0.39 is 0 Å². The smallest absolute Gasteiger partial charge is 0.235 e. The van der Waals surface area contributed by atoms with Gasteiger partial charge in [0.1, 0.15) is 0 Å². The average molecular weight is 266 g/mol. The van der Waals surface area contributed by atoms with E-state index in [9.17, 15) is 4.79 Å². The number of likely N-dealkylation sites (N-methyl/N-ethyl adjacent to an activating group) is 1. The molecule has 3 rings (SSSR count). The summed E-state index contributed by atoms with van der Waals surface area (Å²) < 4.78 is 0. The molecule has 3 aliphatic rings. The molecular weight excluding hydrogens is 240 g/mol. The Morgan fingerprint density at radius 3 is 2.68 bits per heavy atom. The average Bonchev–Trinajstić information content (AvgIpc) is 3.10. The maximum atomic E-state index is 11.6. The highest BCUT2D eigenvalue weighted by Crippen LogP contribution is 2.28. The molecule has 3 N–H and O–H groups in total. The second kappa shape index (κ2) is 5.38. The van der Waals surface area contributed by atoms with Crippen LogP contribution < -0.4 is 11.1 Å². The van der Waals surface area contributed by atoms with Crippen LogP contribution >= 0.6 is 0 Å². The van der Waals surface area contributed by atoms with Gasteiger partial charge >= 0.3 is 0 Å². The summed E-state index contributed by atoms with van der Waals surface area (Å²) in [5.74, 6) is -0.199. The molecule has 2 aliphatic heterocycles. The van der Waals surface area contributed by atoms with Crippen molar-refractivity contribution in [1.82, 2.24) is 15.1 Å². The monoisotopic (exact) mass is 266 g/mol. The van der Waals surface area contributed by atoms with Gasteiger partial charge in [-0.05, 0) is 45.7 Å². The molecule has 0 aromatic carbocycles. The minimum atomic E-state index is -0.199. The third-order valence-electron chi connectivity index (χ3n) is 5.03. The molecule has 1 saturated carbocycles. The Kier molecular flexibility index (Phi) is 3.78. The van der Waals surface area contributed by atoms with E-state index in [1.54, 1.807) is 0 Å². The van der Waals surface area contributed by atoms with E-state index in [-0.39, 0.29) is 11.9 Å². The first kappa shape index (κ1) is 13.3. The first-order chi connectivity index (χ1) is 9.13. The molecule has 2 bridgehead atoms. The van der Waals surface area contributed by atoms with E-state index in [0.717, 1.165) is 25.7 Å². The van der Waals surface area contributed by atoms with Crippen molar-refractivity contribution in [2.24, 2.45) is 5.73 Å². The van der Waals surface area contributed by atoms with E-state index in [0.29, 0.717) is 12.1 Å². The van der Waals surface area contributed by atoms with Gasteiger partial charge in [-0.3, -0.25) is 14.6 Å². The van der Waals surface area contributed by atoms with E-state index in [1.165, 1.54) is 32.1 Å². The van der Waals surface area contributed by atoms with Crippen molar-refractivity contribution in [3.63, 3.8) is 0 Å². The van der Waals surface area contributed by atoms with Crippen molar-refractivity contribution in [3.8, 4) is 0 Å². The summed E-state index contributed by atoms with van der Waals surface area (Å²) in [6.07, 6.45) is 6.25.